The number of hydrogen-bond donors (Lipinski definition) is 8. The van der Waals surface area contributed by atoms with Gasteiger partial charge in [0.1, 0.15) is 24.9 Å². The van der Waals surface area contributed by atoms with E-state index in [2.05, 4.69) is 0 Å². The molecule has 5 fully saturated rings. The second-order valence-corrected chi connectivity index (χ2v) is 13.8. The molecule has 0 radical (unpaired) electrons. The van der Waals surface area contributed by atoms with Crippen molar-refractivity contribution in [2.75, 3.05) is 13.2 Å². The standard InChI is InChI=1S/C29H44O12/c1-13-22(34)23(35)24(36)25(40-13)41-15-8-19(32)28(12-30)21-17(3-5-27(28,37)9-15)29(38)6-4-16(14-7-20(33)39-11-14)26(29,2)10-18(21)31/h7,13,15-19,21-25,30-32,34-38H,3-6,8-12H2,1-2H3/t13-,15+,16+,17-,18+,19-,21+,22+,23+,24+,25+,26+,27-,28+,29+/m0/s1. The molecule has 0 amide bonds. The van der Waals surface area contributed by atoms with Gasteiger partial charge in [-0.1, -0.05) is 6.92 Å². The van der Waals surface area contributed by atoms with Gasteiger partial charge in [-0.15, -0.1) is 0 Å². The number of aliphatic hydroxyl groups is 8. The fraction of sp³-hybridized carbons (Fsp3) is 0.897. The fourth-order valence-corrected chi connectivity index (χ4v) is 10.1. The SMILES string of the molecule is C[C@@H]1O[C@H](O[C@@H]2C[C@H](O)[C@]3(CO)[C@H]4[C@H](O)C[C@]5(C)[C@@H](C6=CC(=O)OC6)CC[C@@]5(O)[C@H]4CC[C@]3(O)C2)[C@H](O)[C@H](O)[C@@H]1O. The van der Waals surface area contributed by atoms with Crippen LogP contribution in [0.5, 0.6) is 0 Å². The summed E-state index contributed by atoms with van der Waals surface area (Å²) in [6.07, 6.45) is -6.68. The molecular weight excluding hydrogens is 540 g/mol. The van der Waals surface area contributed by atoms with E-state index >= 15 is 0 Å². The maximum absolute atomic E-state index is 12.4. The number of cyclic esters (lactones) is 1. The van der Waals surface area contributed by atoms with E-state index in [1.54, 1.807) is 0 Å². The van der Waals surface area contributed by atoms with E-state index in [1.807, 2.05) is 6.92 Å². The summed E-state index contributed by atoms with van der Waals surface area (Å²) in [6, 6.07) is 0. The summed E-state index contributed by atoms with van der Waals surface area (Å²) < 4.78 is 16.7. The van der Waals surface area contributed by atoms with Crippen LogP contribution in [0.2, 0.25) is 0 Å². The van der Waals surface area contributed by atoms with Crippen LogP contribution in [0, 0.1) is 28.6 Å². The van der Waals surface area contributed by atoms with E-state index in [0.29, 0.717) is 19.3 Å². The molecule has 4 aliphatic carbocycles. The largest absolute Gasteiger partial charge is 0.458 e. The van der Waals surface area contributed by atoms with Crippen molar-refractivity contribution < 1.29 is 59.9 Å². The smallest absolute Gasteiger partial charge is 0.331 e. The Morgan fingerprint density at radius 2 is 1.76 bits per heavy atom. The van der Waals surface area contributed by atoms with Crippen LogP contribution in [-0.2, 0) is 19.0 Å². The number of aliphatic hydroxyl groups excluding tert-OH is 6. The Kier molecular flexibility index (Phi) is 7.22. The van der Waals surface area contributed by atoms with Crippen LogP contribution in [0.15, 0.2) is 11.6 Å². The van der Waals surface area contributed by atoms with E-state index in [1.165, 1.54) is 13.0 Å². The van der Waals surface area contributed by atoms with E-state index in [-0.39, 0.29) is 38.2 Å². The zero-order valence-electron chi connectivity index (χ0n) is 23.5. The molecule has 6 rings (SSSR count). The van der Waals surface area contributed by atoms with Crippen LogP contribution in [0.3, 0.4) is 0 Å². The van der Waals surface area contributed by atoms with Gasteiger partial charge in [-0.2, -0.15) is 0 Å². The molecule has 12 heteroatoms. The molecule has 8 N–H and O–H groups in total. The van der Waals surface area contributed by atoms with Crippen molar-refractivity contribution in [1.29, 1.82) is 0 Å². The lowest BCUT2D eigenvalue weighted by Gasteiger charge is -2.68. The molecule has 12 nitrogen and oxygen atoms in total. The summed E-state index contributed by atoms with van der Waals surface area (Å²) in [7, 11) is 0. The van der Waals surface area contributed by atoms with Gasteiger partial charge in [0.2, 0.25) is 0 Å². The number of esters is 1. The third-order valence-corrected chi connectivity index (χ3v) is 12.2. The minimum Gasteiger partial charge on any atom is -0.458 e. The van der Waals surface area contributed by atoms with Crippen LogP contribution in [0.25, 0.3) is 0 Å². The summed E-state index contributed by atoms with van der Waals surface area (Å²) in [5.41, 5.74) is -4.46. The van der Waals surface area contributed by atoms with E-state index in [4.69, 9.17) is 14.2 Å². The topological polar surface area (TPSA) is 207 Å². The zero-order valence-corrected chi connectivity index (χ0v) is 23.5. The number of hydrogen-bond acceptors (Lipinski definition) is 12. The summed E-state index contributed by atoms with van der Waals surface area (Å²) >= 11 is 0. The van der Waals surface area contributed by atoms with Crippen molar-refractivity contribution in [3.05, 3.63) is 11.6 Å². The number of fused-ring (bicyclic) bond motifs is 5. The Hall–Kier alpha value is -1.19. The minimum atomic E-state index is -1.67. The van der Waals surface area contributed by atoms with Crippen molar-refractivity contribution in [1.82, 2.24) is 0 Å². The monoisotopic (exact) mass is 584 g/mol. The Morgan fingerprint density at radius 1 is 1.02 bits per heavy atom. The van der Waals surface area contributed by atoms with Crippen molar-refractivity contribution >= 4 is 5.97 Å². The minimum absolute atomic E-state index is 0.0369. The fourth-order valence-electron chi connectivity index (χ4n) is 10.1. The lowest BCUT2D eigenvalue weighted by Crippen LogP contribution is -2.76. The highest BCUT2D eigenvalue weighted by Crippen LogP contribution is 2.70. The molecule has 1 saturated heterocycles. The molecule has 15 atom stereocenters. The number of carbonyl (C=O) groups is 1. The van der Waals surface area contributed by atoms with Gasteiger partial charge in [0.15, 0.2) is 6.29 Å². The van der Waals surface area contributed by atoms with Gasteiger partial charge >= 0.3 is 5.97 Å². The highest BCUT2D eigenvalue weighted by molar-refractivity contribution is 5.85. The summed E-state index contributed by atoms with van der Waals surface area (Å²) in [5, 5.41) is 89.6. The molecule has 2 aliphatic heterocycles. The first-order valence-corrected chi connectivity index (χ1v) is 14.9. The summed E-state index contributed by atoms with van der Waals surface area (Å²) in [6.45, 7) is 3.00. The van der Waals surface area contributed by atoms with Crippen LogP contribution < -0.4 is 0 Å². The summed E-state index contributed by atoms with van der Waals surface area (Å²) in [4.78, 5) is 11.8. The highest BCUT2D eigenvalue weighted by atomic mass is 16.7. The zero-order chi connectivity index (χ0) is 29.7. The lowest BCUT2D eigenvalue weighted by molar-refractivity contribution is -0.342. The molecule has 0 unspecified atom stereocenters. The second kappa shape index (κ2) is 9.91. The van der Waals surface area contributed by atoms with Crippen LogP contribution in [0.4, 0.5) is 0 Å². The Labute approximate surface area is 238 Å². The van der Waals surface area contributed by atoms with Gasteiger partial charge in [-0.05, 0) is 56.4 Å². The molecule has 2 heterocycles. The maximum Gasteiger partial charge on any atom is 0.331 e. The van der Waals surface area contributed by atoms with Gasteiger partial charge in [0.05, 0.1) is 47.6 Å². The predicted octanol–water partition coefficient (Wildman–Crippen LogP) is -1.51. The van der Waals surface area contributed by atoms with Gasteiger partial charge in [-0.3, -0.25) is 0 Å². The molecule has 4 saturated carbocycles. The third-order valence-electron chi connectivity index (χ3n) is 12.2. The molecule has 0 aromatic heterocycles. The van der Waals surface area contributed by atoms with E-state index in [0.717, 1.165) is 5.57 Å². The van der Waals surface area contributed by atoms with Gasteiger partial charge in [0, 0.05) is 30.3 Å². The Balaban J connectivity index is 1.28. The third kappa shape index (κ3) is 3.99. The molecule has 41 heavy (non-hydrogen) atoms. The first-order chi connectivity index (χ1) is 19.2. The number of rotatable bonds is 4. The van der Waals surface area contributed by atoms with E-state index < -0.39 is 95.5 Å². The van der Waals surface area contributed by atoms with Crippen molar-refractivity contribution in [2.24, 2.45) is 28.6 Å². The average molecular weight is 585 g/mol. The molecule has 0 aromatic rings. The normalized spacial score (nSPS) is 56.9. The number of ether oxygens (including phenoxy) is 3. The number of carbonyl (C=O) groups excluding carboxylic acids is 1. The molecule has 0 bridgehead atoms. The van der Waals surface area contributed by atoms with Crippen molar-refractivity contribution in [2.45, 2.75) is 119 Å². The van der Waals surface area contributed by atoms with Crippen molar-refractivity contribution in [3.63, 3.8) is 0 Å². The first kappa shape index (κ1) is 29.9. The molecule has 232 valence electrons. The average Bonchev–Trinajstić information content (AvgIpc) is 3.45. The first-order valence-electron chi connectivity index (χ1n) is 14.9. The van der Waals surface area contributed by atoms with Crippen LogP contribution in [0.1, 0.15) is 58.8 Å². The summed E-state index contributed by atoms with van der Waals surface area (Å²) in [5.74, 6) is -1.93. The maximum atomic E-state index is 12.4. The highest BCUT2D eigenvalue weighted by Gasteiger charge is 2.75. The Bertz CT molecular complexity index is 1080. The van der Waals surface area contributed by atoms with Crippen molar-refractivity contribution in [3.8, 4) is 0 Å². The lowest BCUT2D eigenvalue weighted by atomic mass is 9.40. The molecule has 0 spiro atoms. The Morgan fingerprint density at radius 3 is 2.41 bits per heavy atom. The van der Waals surface area contributed by atoms with Crippen LogP contribution in [-0.4, -0.2) is 120 Å². The molecule has 0 aromatic carbocycles. The quantitative estimate of drug-likeness (QED) is 0.140. The molecule has 6 aliphatic rings. The van der Waals surface area contributed by atoms with Gasteiger partial charge in [0.25, 0.3) is 0 Å². The predicted molar refractivity (Wildman–Crippen MR) is 139 cm³/mol. The van der Waals surface area contributed by atoms with E-state index in [9.17, 15) is 45.6 Å². The van der Waals surface area contributed by atoms with Gasteiger partial charge < -0.3 is 55.1 Å². The van der Waals surface area contributed by atoms with Gasteiger partial charge in [-0.25, -0.2) is 4.79 Å². The molecular formula is C29H44O12. The van der Waals surface area contributed by atoms with Crippen LogP contribution >= 0.6 is 0 Å². The second-order valence-electron chi connectivity index (χ2n) is 13.8.